The van der Waals surface area contributed by atoms with Crippen LogP contribution in [0, 0.1) is 72.2 Å². The molecule has 0 saturated heterocycles. The first-order valence-corrected chi connectivity index (χ1v) is 51.1. The van der Waals surface area contributed by atoms with Gasteiger partial charge in [0.15, 0.2) is 6.61 Å². The number of hydrogen-bond donors (Lipinski definition) is 10. The number of ether oxygens (including phenoxy) is 12. The highest BCUT2D eigenvalue weighted by atomic mass is 32.1. The van der Waals surface area contributed by atoms with Crippen LogP contribution in [0.15, 0.2) is 273 Å². The summed E-state index contributed by atoms with van der Waals surface area (Å²) in [7, 11) is 1.39. The van der Waals surface area contributed by atoms with Gasteiger partial charge in [0.1, 0.15) is 32.5 Å². The van der Waals surface area contributed by atoms with Gasteiger partial charge in [0, 0.05) is 21.1 Å². The van der Waals surface area contributed by atoms with Gasteiger partial charge in [-0.05, 0) is 155 Å². The molecule has 1 N–H and O–H groups in total. The molecule has 0 bridgehead atoms. The molecule has 768 valence electrons. The van der Waals surface area contributed by atoms with Gasteiger partial charge in [-0.1, -0.05) is 273 Å². The van der Waals surface area contributed by atoms with Gasteiger partial charge in [0.05, 0.1) is 124 Å². The van der Waals surface area contributed by atoms with Crippen LogP contribution in [-0.2, 0) is 158 Å². The molecule has 31 heteroatoms. The smallest absolute Gasteiger partial charge is 0.311 e. The van der Waals surface area contributed by atoms with E-state index in [0.717, 1.165) is 50.1 Å². The van der Waals surface area contributed by atoms with Crippen LogP contribution in [0.5, 0.6) is 0 Å². The lowest BCUT2D eigenvalue weighted by Crippen LogP contribution is -2.16. The quantitative estimate of drug-likeness (QED) is 0.00563. The number of aliphatic hydroxyl groups is 1. The fourth-order valence-electron chi connectivity index (χ4n) is 9.58. The first-order valence-electron chi connectivity index (χ1n) is 43.1. The summed E-state index contributed by atoms with van der Waals surface area (Å²) in [6.07, 6.45) is 29.4. The Bertz CT molecular complexity index is 4670. The van der Waals surface area contributed by atoms with E-state index in [1.807, 2.05) is 286 Å². The monoisotopic (exact) mass is 2100 g/mol. The topological polar surface area (TPSA) is 285 Å². The Morgan fingerprint density at radius 1 is 0.241 bits per heavy atom. The summed E-state index contributed by atoms with van der Waals surface area (Å²) in [4.78, 5) is 103. The van der Waals surface area contributed by atoms with Crippen molar-refractivity contribution < 1.29 is 108 Å². The van der Waals surface area contributed by atoms with E-state index in [4.69, 9.17) is 70.1 Å². The van der Waals surface area contributed by atoms with E-state index in [0.29, 0.717) is 52.3 Å². The molecule has 0 fully saturated rings. The van der Waals surface area contributed by atoms with Crippen molar-refractivity contribution in [3.8, 4) is 72.2 Å². The van der Waals surface area contributed by atoms with E-state index in [2.05, 4.69) is 166 Å². The summed E-state index contributed by atoms with van der Waals surface area (Å²) in [5.74, 6) is 18.1. The molecule has 0 aromatic heterocycles. The Labute approximate surface area is 890 Å². The summed E-state index contributed by atoms with van der Waals surface area (Å²) >= 11 is 31.8. The minimum atomic E-state index is -0.310. The molecule has 0 radical (unpaired) electrons. The lowest BCUT2D eigenvalue weighted by atomic mass is 10.2. The number of aliphatic hydroxyl groups excluding tert-OH is 1. The van der Waals surface area contributed by atoms with Crippen LogP contribution in [0.3, 0.4) is 0 Å². The summed E-state index contributed by atoms with van der Waals surface area (Å²) < 4.78 is 60.8. The number of esters is 9. The van der Waals surface area contributed by atoms with E-state index in [9.17, 15) is 43.2 Å². The van der Waals surface area contributed by atoms with Gasteiger partial charge in [-0.15, -0.1) is 12.8 Å². The zero-order chi connectivity index (χ0) is 107. The molecule has 0 amide bonds. The zero-order valence-electron chi connectivity index (χ0n) is 82.2. The van der Waals surface area contributed by atoms with Gasteiger partial charge in [0.2, 0.25) is 0 Å². The molecule has 0 saturated carbocycles. The first kappa shape index (κ1) is 142. The second-order valence-electron chi connectivity index (χ2n) is 24.8. The van der Waals surface area contributed by atoms with Gasteiger partial charge < -0.3 is 61.9 Å². The summed E-state index contributed by atoms with van der Waals surface area (Å²) in [5.41, 5.74) is 8.42. The van der Waals surface area contributed by atoms with Gasteiger partial charge >= 0.3 is 53.7 Å². The maximum atomic E-state index is 11.6. The fraction of sp³-hybridized carbons (Fsp3) is 0.318. The molecule has 0 atom stereocenters. The van der Waals surface area contributed by atoms with E-state index in [-0.39, 0.29) is 161 Å². The molecule has 0 unspecified atom stereocenters. The Balaban J connectivity index is -0.000000209. The van der Waals surface area contributed by atoms with Crippen molar-refractivity contribution in [3.63, 3.8) is 0 Å². The molecule has 9 rings (SSSR count). The molecule has 141 heavy (non-hydrogen) atoms. The van der Waals surface area contributed by atoms with Crippen molar-refractivity contribution in [2.24, 2.45) is 0 Å². The molecule has 0 aliphatic rings. The Morgan fingerprint density at radius 2 is 0.418 bits per heavy atom. The SMILES string of the molecule is C#CC#CC#CCOC(=O)Cc1ccccc1.C#CC#CC#CO.CCOC(=O)Cc1ccccc1.COC(=O)Cc1ccccc1.CS.CS.CS.CS.CS.CS.CS.CS.CS.O=C(Cc1ccccc1)OCCCOC(=O)Cc1ccccc1.O=C(Cc1ccccc1)OCCOCCOC(=O)Cc1ccccc1.O=C(Cc1ccccc1)OCCOCCOCCOC(=O)Cc1ccccc1.[HH].[HH]. The summed E-state index contributed by atoms with van der Waals surface area (Å²) in [6, 6.07) is 85.0. The minimum Gasteiger partial charge on any atom is -0.469 e. The Morgan fingerprint density at radius 3 is 0.610 bits per heavy atom. The first-order chi connectivity index (χ1) is 69.1. The number of hydrogen-bond acceptors (Lipinski definition) is 31. The third kappa shape index (κ3) is 98.4. The van der Waals surface area contributed by atoms with E-state index >= 15 is 0 Å². The molecule has 0 aliphatic carbocycles. The van der Waals surface area contributed by atoms with E-state index < -0.39 is 0 Å². The van der Waals surface area contributed by atoms with E-state index in [1.54, 1.807) is 62.4 Å². The van der Waals surface area contributed by atoms with Crippen LogP contribution in [0.4, 0.5) is 0 Å². The molecule has 0 aliphatic heterocycles. The van der Waals surface area contributed by atoms with Crippen LogP contribution in [0.2, 0.25) is 0 Å². The van der Waals surface area contributed by atoms with Gasteiger partial charge in [-0.25, -0.2) is 0 Å². The number of methoxy groups -OCH3 is 1. The molecule has 9 aromatic rings. The van der Waals surface area contributed by atoms with Gasteiger partial charge in [-0.3, -0.25) is 43.2 Å². The third-order valence-electron chi connectivity index (χ3n) is 15.2. The molecule has 9 aromatic carbocycles. The molecule has 0 heterocycles. The number of carbonyl (C=O) groups is 9. The molecule has 0 spiro atoms. The Kier molecular flexibility index (Phi) is 118. The van der Waals surface area contributed by atoms with Crippen molar-refractivity contribution >= 4 is 167 Å². The standard InChI is InChI=1S/C22H26O6.C20H22O5.C19H20O4.C15H10O2.C10H12O2.C9H10O2.C6H2O.9CH4S.2H2/c23-21(17-19-7-3-1-4-8-19)27-15-13-25-11-12-26-14-16-28-22(24)18-20-9-5-2-6-10-20;21-19(15-17-7-3-1-4-8-17)24-13-11-23-12-14-25-20(22)16-18-9-5-2-6-10-18;20-18(14-16-8-3-1-4-9-16)22-12-7-13-23-19(21)15-17-10-5-2-6-11-17;1-2-3-4-5-9-12-17-15(16)13-14-10-7-6-8-11-14;1-2-12-10(11)8-9-6-4-3-5-7-9;1-11-9(10)7-8-5-3-2-4-6-8;1-2-3-4-5-6-7;9*1-2;;/h1-10H,11-18H2;1-10H,11-16H2;1-6,8-11H,7,12-15H2;1,6-8,10-11H,12-13H2;3-7H,2,8H2,1H3;2-6H,7H2,1H3;1,7H;9*2H,1H3;2*1H. The normalized spacial score (nSPS) is 8.52. The van der Waals surface area contributed by atoms with Crippen LogP contribution >= 0.6 is 114 Å². The highest BCUT2D eigenvalue weighted by Crippen LogP contribution is 2.09. The average Bonchev–Trinajstić information content (AvgIpc) is 0.971. The second kappa shape index (κ2) is 117. The van der Waals surface area contributed by atoms with Gasteiger partial charge in [0.25, 0.3) is 0 Å². The minimum absolute atomic E-state index is 0. The lowest BCUT2D eigenvalue weighted by Gasteiger charge is -2.08. The van der Waals surface area contributed by atoms with Crippen molar-refractivity contribution in [1.29, 1.82) is 0 Å². The van der Waals surface area contributed by atoms with Crippen molar-refractivity contribution in [2.45, 2.75) is 71.1 Å². The molecular formula is C110H142O22S9. The van der Waals surface area contributed by atoms with Crippen molar-refractivity contribution in [3.05, 3.63) is 323 Å². The van der Waals surface area contributed by atoms with Crippen LogP contribution < -0.4 is 0 Å². The number of thiol groups is 9. The van der Waals surface area contributed by atoms with Gasteiger partial charge in [-0.2, -0.15) is 114 Å². The van der Waals surface area contributed by atoms with Crippen molar-refractivity contribution in [2.75, 3.05) is 156 Å². The highest BCUT2D eigenvalue weighted by molar-refractivity contribution is 7.80. The molecule has 22 nitrogen and oxygen atoms in total. The highest BCUT2D eigenvalue weighted by Gasteiger charge is 2.12. The predicted octanol–water partition coefficient (Wildman–Crippen LogP) is 18.1. The maximum Gasteiger partial charge on any atom is 0.311 e. The summed E-state index contributed by atoms with van der Waals surface area (Å²) in [6.45, 7) is 5.54. The Hall–Kier alpha value is -11.6. The largest absolute Gasteiger partial charge is 0.469 e. The lowest BCUT2D eigenvalue weighted by molar-refractivity contribution is -0.147. The fourth-order valence-corrected chi connectivity index (χ4v) is 9.58. The second-order valence-corrected chi connectivity index (χ2v) is 24.8. The van der Waals surface area contributed by atoms with E-state index in [1.165, 1.54) is 7.11 Å². The van der Waals surface area contributed by atoms with Crippen LogP contribution in [0.1, 0.15) is 66.3 Å². The number of rotatable bonds is 39. The number of benzene rings is 9. The van der Waals surface area contributed by atoms with Crippen molar-refractivity contribution in [1.82, 2.24) is 0 Å². The number of terminal acetylenes is 2. The number of carbonyl (C=O) groups excluding carboxylic acids is 9. The predicted molar refractivity (Wildman–Crippen MR) is 603 cm³/mol. The van der Waals surface area contributed by atoms with Crippen LogP contribution in [0.25, 0.3) is 0 Å². The third-order valence-corrected chi connectivity index (χ3v) is 15.2. The maximum absolute atomic E-state index is 11.6. The zero-order valence-corrected chi connectivity index (χ0v) is 90.2. The average molecular weight is 2100 g/mol. The van der Waals surface area contributed by atoms with Crippen LogP contribution in [-0.4, -0.2) is 215 Å². The molecular weight excluding hydrogens is 1960 g/mol. The summed E-state index contributed by atoms with van der Waals surface area (Å²) in [5, 5.41) is 7.76.